The number of fused-ring (bicyclic) bond motifs is 1. The Kier molecular flexibility index (Phi) is 2.78. The molecule has 3 aromatic heterocycles. The summed E-state index contributed by atoms with van der Waals surface area (Å²) in [4.78, 5) is 16.5. The van der Waals surface area contributed by atoms with Crippen molar-refractivity contribution >= 4 is 17.0 Å². The maximum atomic E-state index is 12.0. The van der Waals surface area contributed by atoms with Gasteiger partial charge < -0.3 is 9.15 Å². The number of nitrogens with zero attached hydrogens (tertiary/aromatic N) is 3. The number of pyridine rings is 1. The van der Waals surface area contributed by atoms with Crippen LogP contribution in [0.1, 0.15) is 16.1 Å². The van der Waals surface area contributed by atoms with E-state index in [4.69, 9.17) is 9.15 Å². The van der Waals surface area contributed by atoms with Crippen molar-refractivity contribution in [3.63, 3.8) is 0 Å². The van der Waals surface area contributed by atoms with Crippen molar-refractivity contribution in [2.45, 2.75) is 6.92 Å². The van der Waals surface area contributed by atoms with Crippen molar-refractivity contribution < 1.29 is 13.9 Å². The van der Waals surface area contributed by atoms with Crippen molar-refractivity contribution in [1.29, 1.82) is 0 Å². The van der Waals surface area contributed by atoms with Crippen LogP contribution < -0.4 is 0 Å². The smallest absolute Gasteiger partial charge is 0.338 e. The Labute approximate surface area is 115 Å². The Bertz CT molecular complexity index is 788. The molecule has 0 aliphatic heterocycles. The second-order valence-corrected chi connectivity index (χ2v) is 4.43. The lowest BCUT2D eigenvalue weighted by Crippen LogP contribution is -2.04. The second-order valence-electron chi connectivity index (χ2n) is 4.43. The number of methoxy groups -OCH3 is 1. The molecule has 20 heavy (non-hydrogen) atoms. The number of aryl methyl sites for hydroxylation is 2. The molecule has 0 saturated carbocycles. The van der Waals surface area contributed by atoms with Gasteiger partial charge in [0, 0.05) is 7.05 Å². The molecule has 0 aliphatic rings. The molecule has 0 amide bonds. The normalized spacial score (nSPS) is 10.9. The zero-order valence-corrected chi connectivity index (χ0v) is 11.4. The molecule has 0 spiro atoms. The van der Waals surface area contributed by atoms with E-state index in [1.54, 1.807) is 36.2 Å². The summed E-state index contributed by atoms with van der Waals surface area (Å²) in [5, 5.41) is 5.01. The van der Waals surface area contributed by atoms with Crippen molar-refractivity contribution in [2.24, 2.45) is 7.05 Å². The summed E-state index contributed by atoms with van der Waals surface area (Å²) in [6.07, 6.45) is 1.56. The van der Waals surface area contributed by atoms with E-state index in [0.717, 1.165) is 5.69 Å². The molecule has 6 nitrogen and oxygen atoms in total. The maximum Gasteiger partial charge on any atom is 0.338 e. The Hall–Kier alpha value is -2.63. The highest BCUT2D eigenvalue weighted by Crippen LogP contribution is 2.27. The molecule has 0 radical (unpaired) electrons. The standard InChI is InChI=1S/C14H13N3O3/c1-8-12-9(14(18)19-3)7-10(11-5-4-6-20-11)15-13(12)17(2)16-8/h4-7H,1-3H3. The molecule has 0 aromatic carbocycles. The van der Waals surface area contributed by atoms with Gasteiger partial charge >= 0.3 is 5.97 Å². The Morgan fingerprint density at radius 1 is 1.45 bits per heavy atom. The van der Waals surface area contributed by atoms with Crippen molar-refractivity contribution in [2.75, 3.05) is 7.11 Å². The third-order valence-electron chi connectivity index (χ3n) is 3.15. The quantitative estimate of drug-likeness (QED) is 0.669. The predicted octanol–water partition coefficient (Wildman–Crippen LogP) is 2.32. The van der Waals surface area contributed by atoms with Crippen molar-refractivity contribution in [3.05, 3.63) is 35.7 Å². The van der Waals surface area contributed by atoms with Crippen LogP contribution in [0.15, 0.2) is 28.9 Å². The summed E-state index contributed by atoms with van der Waals surface area (Å²) in [6, 6.07) is 5.23. The lowest BCUT2D eigenvalue weighted by Gasteiger charge is -2.05. The molecule has 6 heteroatoms. The second kappa shape index (κ2) is 4.48. The van der Waals surface area contributed by atoms with Gasteiger partial charge in [-0.1, -0.05) is 0 Å². The Balaban J connectivity index is 2.36. The van der Waals surface area contributed by atoms with Crippen LogP contribution in [-0.2, 0) is 11.8 Å². The molecule has 3 rings (SSSR count). The minimum Gasteiger partial charge on any atom is -0.465 e. The number of hydrogen-bond acceptors (Lipinski definition) is 5. The van der Waals surface area contributed by atoms with Gasteiger partial charge in [0.05, 0.1) is 30.0 Å². The van der Waals surface area contributed by atoms with Gasteiger partial charge in [-0.25, -0.2) is 9.78 Å². The fraction of sp³-hybridized carbons (Fsp3) is 0.214. The minimum absolute atomic E-state index is 0.415. The molecule has 0 saturated heterocycles. The lowest BCUT2D eigenvalue weighted by atomic mass is 10.1. The van der Waals surface area contributed by atoms with Gasteiger partial charge in [-0.3, -0.25) is 4.68 Å². The van der Waals surface area contributed by atoms with Gasteiger partial charge in [-0.15, -0.1) is 0 Å². The highest BCUT2D eigenvalue weighted by atomic mass is 16.5. The highest BCUT2D eigenvalue weighted by molar-refractivity contribution is 6.04. The van der Waals surface area contributed by atoms with Crippen molar-refractivity contribution in [1.82, 2.24) is 14.8 Å². The van der Waals surface area contributed by atoms with Gasteiger partial charge in [0.1, 0.15) is 5.69 Å². The van der Waals surface area contributed by atoms with E-state index in [1.165, 1.54) is 7.11 Å². The van der Waals surface area contributed by atoms with Gasteiger partial charge in [0.15, 0.2) is 11.4 Å². The molecule has 0 unspecified atom stereocenters. The van der Waals surface area contributed by atoms with E-state index in [2.05, 4.69) is 10.1 Å². The molecule has 0 bridgehead atoms. The molecular formula is C14H13N3O3. The van der Waals surface area contributed by atoms with Crippen LogP contribution in [0.5, 0.6) is 0 Å². The number of hydrogen-bond donors (Lipinski definition) is 0. The first kappa shape index (κ1) is 12.4. The summed E-state index contributed by atoms with van der Waals surface area (Å²) in [5.41, 5.74) is 2.37. The fourth-order valence-corrected chi connectivity index (χ4v) is 2.27. The van der Waals surface area contributed by atoms with E-state index < -0.39 is 5.97 Å². The van der Waals surface area contributed by atoms with Gasteiger partial charge in [0.2, 0.25) is 0 Å². The highest BCUT2D eigenvalue weighted by Gasteiger charge is 2.20. The molecule has 3 heterocycles. The maximum absolute atomic E-state index is 12.0. The lowest BCUT2D eigenvalue weighted by molar-refractivity contribution is 0.0603. The number of aromatic nitrogens is 3. The van der Waals surface area contributed by atoms with Gasteiger partial charge in [-0.05, 0) is 25.1 Å². The summed E-state index contributed by atoms with van der Waals surface area (Å²) >= 11 is 0. The topological polar surface area (TPSA) is 70.2 Å². The number of carbonyl (C=O) groups excluding carboxylic acids is 1. The van der Waals surface area contributed by atoms with E-state index in [1.807, 2.05) is 6.92 Å². The van der Waals surface area contributed by atoms with Crippen LogP contribution in [0, 0.1) is 6.92 Å². The molecule has 0 fully saturated rings. The minimum atomic E-state index is -0.415. The number of carbonyl (C=O) groups is 1. The van der Waals surface area contributed by atoms with Crippen molar-refractivity contribution in [3.8, 4) is 11.5 Å². The molecule has 0 atom stereocenters. The van der Waals surface area contributed by atoms with E-state index in [-0.39, 0.29) is 0 Å². The number of esters is 1. The number of furan rings is 1. The molecule has 0 N–H and O–H groups in total. The van der Waals surface area contributed by atoms with Crippen LogP contribution in [0.2, 0.25) is 0 Å². The van der Waals surface area contributed by atoms with Gasteiger partial charge in [-0.2, -0.15) is 5.10 Å². The zero-order valence-electron chi connectivity index (χ0n) is 11.4. The van der Waals surface area contributed by atoms with Crippen LogP contribution >= 0.6 is 0 Å². The monoisotopic (exact) mass is 271 g/mol. The van der Waals surface area contributed by atoms with E-state index in [9.17, 15) is 4.79 Å². The average molecular weight is 271 g/mol. The first-order valence-corrected chi connectivity index (χ1v) is 6.08. The average Bonchev–Trinajstić information content (AvgIpc) is 3.07. The Morgan fingerprint density at radius 2 is 2.25 bits per heavy atom. The van der Waals surface area contributed by atoms with E-state index >= 15 is 0 Å². The fourth-order valence-electron chi connectivity index (χ4n) is 2.27. The largest absolute Gasteiger partial charge is 0.465 e. The zero-order chi connectivity index (χ0) is 14.3. The number of rotatable bonds is 2. The third kappa shape index (κ3) is 1.77. The first-order valence-electron chi connectivity index (χ1n) is 6.08. The first-order chi connectivity index (χ1) is 9.61. The SMILES string of the molecule is COC(=O)c1cc(-c2ccco2)nc2c1c(C)nn2C. The predicted molar refractivity (Wildman–Crippen MR) is 72.3 cm³/mol. The number of ether oxygens (including phenoxy) is 1. The molecular weight excluding hydrogens is 258 g/mol. The van der Waals surface area contributed by atoms with Crippen LogP contribution in [-0.4, -0.2) is 27.8 Å². The summed E-state index contributed by atoms with van der Waals surface area (Å²) in [6.45, 7) is 1.84. The van der Waals surface area contributed by atoms with Gasteiger partial charge in [0.25, 0.3) is 0 Å². The Morgan fingerprint density at radius 3 is 2.90 bits per heavy atom. The van der Waals surface area contributed by atoms with Crippen LogP contribution in [0.3, 0.4) is 0 Å². The molecule has 0 aliphatic carbocycles. The van der Waals surface area contributed by atoms with Crippen LogP contribution in [0.25, 0.3) is 22.5 Å². The molecule has 102 valence electrons. The summed E-state index contributed by atoms with van der Waals surface area (Å²) < 4.78 is 11.8. The molecule has 3 aromatic rings. The summed E-state index contributed by atoms with van der Waals surface area (Å²) in [7, 11) is 3.14. The summed E-state index contributed by atoms with van der Waals surface area (Å²) in [5.74, 6) is 0.178. The van der Waals surface area contributed by atoms with E-state index in [0.29, 0.717) is 28.1 Å². The third-order valence-corrected chi connectivity index (χ3v) is 3.15. The van der Waals surface area contributed by atoms with Crippen LogP contribution in [0.4, 0.5) is 0 Å².